The van der Waals surface area contributed by atoms with Gasteiger partial charge in [-0.1, -0.05) is 30.3 Å². The van der Waals surface area contributed by atoms with E-state index in [1.165, 1.54) is 12.0 Å². The van der Waals surface area contributed by atoms with Crippen LogP contribution in [0.1, 0.15) is 11.1 Å². The number of para-hydroxylation sites is 1. The molecule has 0 atom stereocenters. The van der Waals surface area contributed by atoms with E-state index in [2.05, 4.69) is 5.32 Å². The smallest absolute Gasteiger partial charge is 0.278 e. The van der Waals surface area contributed by atoms with Crippen molar-refractivity contribution in [1.29, 1.82) is 0 Å². The van der Waals surface area contributed by atoms with Gasteiger partial charge in [-0.3, -0.25) is 14.5 Å². The largest absolute Gasteiger partial charge is 0.497 e. The minimum Gasteiger partial charge on any atom is -0.497 e. The number of benzene rings is 3. The Labute approximate surface area is 196 Å². The Bertz CT molecular complexity index is 1300. The molecule has 5 rings (SSSR count). The zero-order valence-electron chi connectivity index (χ0n) is 18.7. The molecule has 0 spiro atoms. The van der Waals surface area contributed by atoms with Crippen molar-refractivity contribution in [2.75, 3.05) is 26.3 Å². The van der Waals surface area contributed by atoms with Crippen LogP contribution in [0.25, 0.3) is 5.57 Å². The summed E-state index contributed by atoms with van der Waals surface area (Å²) in [4.78, 5) is 28.3. The van der Waals surface area contributed by atoms with Crippen LogP contribution >= 0.6 is 0 Å². The lowest BCUT2D eigenvalue weighted by atomic mass is 10.0. The number of carbonyl (C=O) groups excluding carboxylic acids is 2. The number of hydrogen-bond donors (Lipinski definition) is 1. The molecule has 0 saturated carbocycles. The number of ether oxygens (including phenoxy) is 4. The summed E-state index contributed by atoms with van der Waals surface area (Å²) in [5, 5.41) is 3.14. The van der Waals surface area contributed by atoms with Crippen LogP contribution in [-0.4, -0.2) is 37.7 Å². The van der Waals surface area contributed by atoms with Gasteiger partial charge in [-0.05, 0) is 35.9 Å². The van der Waals surface area contributed by atoms with Crippen LogP contribution in [0.4, 0.5) is 5.69 Å². The minimum absolute atomic E-state index is 0.118. The molecule has 1 N–H and O–H groups in total. The topological polar surface area (TPSA) is 86.3 Å². The summed E-state index contributed by atoms with van der Waals surface area (Å²) in [7, 11) is 3.11. The van der Waals surface area contributed by atoms with E-state index in [1.807, 2.05) is 18.2 Å². The Morgan fingerprint density at radius 3 is 2.41 bits per heavy atom. The molecule has 34 heavy (non-hydrogen) atoms. The monoisotopic (exact) mass is 458 g/mol. The standard InChI is InChI=1S/C26H22N2O6/c1-31-18-10-7-16(8-11-18)14-28-25(29)23(19-5-3-4-6-20(19)32-2)24(26(28)30)27-17-9-12-21-22(13-17)34-15-33-21/h3-13,27H,14-15H2,1-2H3. The van der Waals surface area contributed by atoms with Gasteiger partial charge in [0.15, 0.2) is 11.5 Å². The van der Waals surface area contributed by atoms with Crippen molar-refractivity contribution >= 4 is 23.1 Å². The summed E-state index contributed by atoms with van der Waals surface area (Å²) in [6.45, 7) is 0.258. The molecule has 3 aromatic carbocycles. The molecule has 8 nitrogen and oxygen atoms in total. The SMILES string of the molecule is COc1ccc(CN2C(=O)C(Nc3ccc4c(c3)OCO4)=C(c3ccccc3OC)C2=O)cc1. The van der Waals surface area contributed by atoms with Crippen LogP contribution in [0.3, 0.4) is 0 Å². The molecule has 0 fully saturated rings. The Morgan fingerprint density at radius 2 is 1.65 bits per heavy atom. The molecular weight excluding hydrogens is 436 g/mol. The van der Waals surface area contributed by atoms with Gasteiger partial charge in [-0.15, -0.1) is 0 Å². The lowest BCUT2D eigenvalue weighted by molar-refractivity contribution is -0.137. The van der Waals surface area contributed by atoms with E-state index >= 15 is 0 Å². The van der Waals surface area contributed by atoms with Crippen molar-refractivity contribution in [3.8, 4) is 23.0 Å². The first-order chi connectivity index (χ1) is 16.6. The Balaban J connectivity index is 1.53. The molecule has 0 aromatic heterocycles. The highest BCUT2D eigenvalue weighted by Gasteiger charge is 2.40. The maximum absolute atomic E-state index is 13.6. The van der Waals surface area contributed by atoms with Crippen LogP contribution in [0.2, 0.25) is 0 Å². The number of carbonyl (C=O) groups is 2. The van der Waals surface area contributed by atoms with Gasteiger partial charge in [0.05, 0.1) is 26.3 Å². The molecule has 0 bridgehead atoms. The van der Waals surface area contributed by atoms with Crippen molar-refractivity contribution in [3.05, 3.63) is 83.6 Å². The Hall–Kier alpha value is -4.46. The maximum atomic E-state index is 13.6. The highest BCUT2D eigenvalue weighted by atomic mass is 16.7. The average Bonchev–Trinajstić information content (AvgIpc) is 3.42. The van der Waals surface area contributed by atoms with Gasteiger partial charge in [-0.2, -0.15) is 0 Å². The summed E-state index contributed by atoms with van der Waals surface area (Å²) in [5.74, 6) is 1.54. The molecule has 3 aromatic rings. The number of imide groups is 1. The summed E-state index contributed by atoms with van der Waals surface area (Å²) < 4.78 is 21.5. The Kier molecular flexibility index (Phi) is 5.55. The van der Waals surface area contributed by atoms with E-state index in [4.69, 9.17) is 18.9 Å². The van der Waals surface area contributed by atoms with Crippen molar-refractivity contribution in [2.45, 2.75) is 6.54 Å². The predicted molar refractivity (Wildman–Crippen MR) is 125 cm³/mol. The quantitative estimate of drug-likeness (QED) is 0.539. The zero-order chi connectivity index (χ0) is 23.7. The minimum atomic E-state index is -0.431. The van der Waals surface area contributed by atoms with Gasteiger partial charge >= 0.3 is 0 Å². The van der Waals surface area contributed by atoms with Crippen molar-refractivity contribution in [3.63, 3.8) is 0 Å². The molecular formula is C26H22N2O6. The molecule has 0 radical (unpaired) electrons. The first-order valence-electron chi connectivity index (χ1n) is 10.6. The van der Waals surface area contributed by atoms with E-state index in [-0.39, 0.29) is 24.6 Å². The second kappa shape index (κ2) is 8.82. The fourth-order valence-corrected chi connectivity index (χ4v) is 3.97. The maximum Gasteiger partial charge on any atom is 0.278 e. The number of methoxy groups -OCH3 is 2. The molecule has 0 unspecified atom stereocenters. The highest BCUT2D eigenvalue weighted by Crippen LogP contribution is 2.38. The van der Waals surface area contributed by atoms with Gasteiger partial charge in [0.2, 0.25) is 6.79 Å². The zero-order valence-corrected chi connectivity index (χ0v) is 18.7. The van der Waals surface area contributed by atoms with Crippen LogP contribution in [0.5, 0.6) is 23.0 Å². The molecule has 2 heterocycles. The number of fused-ring (bicyclic) bond motifs is 1. The number of nitrogens with one attached hydrogen (secondary N) is 1. The normalized spacial score (nSPS) is 14.6. The van der Waals surface area contributed by atoms with Crippen molar-refractivity contribution in [2.24, 2.45) is 0 Å². The van der Waals surface area contributed by atoms with Crippen LogP contribution < -0.4 is 24.3 Å². The number of anilines is 1. The van der Waals surface area contributed by atoms with Gasteiger partial charge in [0, 0.05) is 17.3 Å². The molecule has 0 saturated heterocycles. The fourth-order valence-electron chi connectivity index (χ4n) is 3.97. The van der Waals surface area contributed by atoms with E-state index in [0.29, 0.717) is 34.2 Å². The van der Waals surface area contributed by atoms with Gasteiger partial charge in [-0.25, -0.2) is 0 Å². The van der Waals surface area contributed by atoms with Crippen LogP contribution in [0.15, 0.2) is 72.4 Å². The average molecular weight is 458 g/mol. The third-order valence-electron chi connectivity index (χ3n) is 5.69. The van der Waals surface area contributed by atoms with Crippen LogP contribution in [-0.2, 0) is 16.1 Å². The lowest BCUT2D eigenvalue weighted by Crippen LogP contribution is -2.32. The first kappa shape index (κ1) is 21.4. The highest BCUT2D eigenvalue weighted by molar-refractivity contribution is 6.37. The van der Waals surface area contributed by atoms with Crippen LogP contribution in [0, 0.1) is 0 Å². The Morgan fingerprint density at radius 1 is 0.882 bits per heavy atom. The molecule has 8 heteroatoms. The lowest BCUT2D eigenvalue weighted by Gasteiger charge is -2.16. The van der Waals surface area contributed by atoms with E-state index < -0.39 is 11.8 Å². The molecule has 172 valence electrons. The number of hydrogen-bond acceptors (Lipinski definition) is 7. The van der Waals surface area contributed by atoms with Gasteiger partial charge in [0.1, 0.15) is 17.2 Å². The summed E-state index contributed by atoms with van der Waals surface area (Å²) in [6, 6.07) is 19.6. The van der Waals surface area contributed by atoms with Crippen molar-refractivity contribution in [1.82, 2.24) is 4.90 Å². The second-order valence-corrected chi connectivity index (χ2v) is 7.69. The fraction of sp³-hybridized carbons (Fsp3) is 0.154. The summed E-state index contributed by atoms with van der Waals surface area (Å²) >= 11 is 0. The van der Waals surface area contributed by atoms with E-state index in [1.54, 1.807) is 55.6 Å². The van der Waals surface area contributed by atoms with Crippen molar-refractivity contribution < 1.29 is 28.5 Å². The molecule has 2 aliphatic rings. The van der Waals surface area contributed by atoms with E-state index in [0.717, 1.165) is 5.56 Å². The third-order valence-corrected chi connectivity index (χ3v) is 5.69. The second-order valence-electron chi connectivity index (χ2n) is 7.69. The summed E-state index contributed by atoms with van der Waals surface area (Å²) in [6.07, 6.45) is 0. The number of nitrogens with zero attached hydrogens (tertiary/aromatic N) is 1. The van der Waals surface area contributed by atoms with Gasteiger partial charge < -0.3 is 24.3 Å². The molecule has 0 aliphatic carbocycles. The van der Waals surface area contributed by atoms with E-state index in [9.17, 15) is 9.59 Å². The summed E-state index contributed by atoms with van der Waals surface area (Å²) in [5.41, 5.74) is 2.34. The third kappa shape index (κ3) is 3.79. The first-order valence-corrected chi connectivity index (χ1v) is 10.6. The molecule has 2 aliphatic heterocycles. The molecule has 2 amide bonds. The number of amides is 2. The van der Waals surface area contributed by atoms with Gasteiger partial charge in [0.25, 0.3) is 11.8 Å². The predicted octanol–water partition coefficient (Wildman–Crippen LogP) is 3.82. The number of rotatable bonds is 7.